The van der Waals surface area contributed by atoms with Gasteiger partial charge in [0.2, 0.25) is 5.96 Å². The second-order valence-electron chi connectivity index (χ2n) is 8.06. The summed E-state index contributed by atoms with van der Waals surface area (Å²) in [5.74, 6) is 0.652. The maximum absolute atomic E-state index is 13.1. The maximum atomic E-state index is 13.1. The molecule has 0 N–H and O–H groups in total. The molecule has 2 aliphatic rings. The number of halogens is 1. The van der Waals surface area contributed by atoms with E-state index < -0.39 is 10.0 Å². The van der Waals surface area contributed by atoms with Crippen molar-refractivity contribution in [3.05, 3.63) is 65.2 Å². The normalized spacial score (nSPS) is 20.2. The first-order valence-corrected chi connectivity index (χ1v) is 12.7. The van der Waals surface area contributed by atoms with Crippen LogP contribution in [0.25, 0.3) is 0 Å². The monoisotopic (exact) mass is 473 g/mol. The van der Waals surface area contributed by atoms with Gasteiger partial charge in [0, 0.05) is 44.9 Å². The molecule has 0 aliphatic carbocycles. The molecule has 1 unspecified atom stereocenters. The minimum atomic E-state index is -3.98. The summed E-state index contributed by atoms with van der Waals surface area (Å²) in [5, 5.41) is 6.36. The Morgan fingerprint density at radius 3 is 2.41 bits per heavy atom. The molecule has 0 amide bonds. The maximum Gasteiger partial charge on any atom is 0.287 e. The van der Waals surface area contributed by atoms with Crippen LogP contribution < -0.4 is 0 Å². The van der Waals surface area contributed by atoms with Gasteiger partial charge in [-0.1, -0.05) is 61.0 Å². The Kier molecular flexibility index (Phi) is 7.13. The number of sulfonamides is 1. The van der Waals surface area contributed by atoms with Crippen LogP contribution >= 0.6 is 11.6 Å². The Morgan fingerprint density at radius 1 is 1.06 bits per heavy atom. The van der Waals surface area contributed by atoms with Crippen LogP contribution in [0.5, 0.6) is 0 Å². The molecule has 1 atom stereocenters. The van der Waals surface area contributed by atoms with Gasteiger partial charge in [-0.2, -0.15) is 13.5 Å². The van der Waals surface area contributed by atoms with Gasteiger partial charge < -0.3 is 4.90 Å². The van der Waals surface area contributed by atoms with Crippen LogP contribution in [0, 0.1) is 5.92 Å². The lowest BCUT2D eigenvalue weighted by Gasteiger charge is -2.38. The molecule has 2 aromatic rings. The fraction of sp³-hybridized carbons (Fsp3) is 0.391. The first-order chi connectivity index (χ1) is 15.5. The number of piperazine rings is 1. The lowest BCUT2D eigenvalue weighted by atomic mass is 10.1. The van der Waals surface area contributed by atoms with Crippen molar-refractivity contribution in [2.45, 2.75) is 24.8 Å². The van der Waals surface area contributed by atoms with E-state index in [1.54, 1.807) is 23.2 Å². The second-order valence-corrected chi connectivity index (χ2v) is 10.0. The third kappa shape index (κ3) is 5.31. The number of hydrogen-bond acceptors (Lipinski definition) is 4. The Bertz CT molecular complexity index is 1080. The van der Waals surface area contributed by atoms with Gasteiger partial charge >= 0.3 is 0 Å². The van der Waals surface area contributed by atoms with Crippen molar-refractivity contribution in [3.8, 4) is 0 Å². The van der Waals surface area contributed by atoms with Crippen LogP contribution in [0.4, 0.5) is 0 Å². The van der Waals surface area contributed by atoms with Crippen LogP contribution in [0.1, 0.15) is 18.9 Å². The van der Waals surface area contributed by atoms with Crippen molar-refractivity contribution in [2.75, 3.05) is 32.7 Å². The standard InChI is InChI=1S/C23H28ClN5O2S/c1-2-19-16-25-29(18-19)23(26-32(30,31)22-11-7-6-10-21(22)24)28-14-12-27(13-15-28)17-20-8-4-3-5-9-20/h3-11,16,19H,2,12-15,17-18H2,1H3/b26-23+. The van der Waals surface area contributed by atoms with E-state index in [0.29, 0.717) is 25.6 Å². The molecule has 9 heteroatoms. The zero-order valence-electron chi connectivity index (χ0n) is 18.1. The quantitative estimate of drug-likeness (QED) is 0.491. The van der Waals surface area contributed by atoms with E-state index in [4.69, 9.17) is 11.6 Å². The highest BCUT2D eigenvalue weighted by Gasteiger charge is 2.30. The fourth-order valence-corrected chi connectivity index (χ4v) is 5.40. The molecule has 0 bridgehead atoms. The summed E-state index contributed by atoms with van der Waals surface area (Å²) >= 11 is 6.17. The Morgan fingerprint density at radius 2 is 1.75 bits per heavy atom. The molecule has 2 aromatic carbocycles. The number of rotatable bonds is 5. The smallest absolute Gasteiger partial charge is 0.287 e. The molecule has 1 fully saturated rings. The van der Waals surface area contributed by atoms with Gasteiger partial charge in [0.25, 0.3) is 10.0 Å². The Balaban J connectivity index is 1.55. The summed E-state index contributed by atoms with van der Waals surface area (Å²) in [5.41, 5.74) is 1.27. The molecular weight excluding hydrogens is 446 g/mol. The molecule has 170 valence electrons. The number of hydrazone groups is 1. The highest BCUT2D eigenvalue weighted by Crippen LogP contribution is 2.24. The highest BCUT2D eigenvalue weighted by molar-refractivity contribution is 7.90. The Labute approximate surface area is 195 Å². The lowest BCUT2D eigenvalue weighted by molar-refractivity contribution is 0.163. The van der Waals surface area contributed by atoms with Crippen molar-refractivity contribution < 1.29 is 8.42 Å². The molecule has 0 saturated carbocycles. The summed E-state index contributed by atoms with van der Waals surface area (Å²) in [6, 6.07) is 16.8. The minimum absolute atomic E-state index is 0.0112. The van der Waals surface area contributed by atoms with Crippen LogP contribution in [0.3, 0.4) is 0 Å². The van der Waals surface area contributed by atoms with E-state index in [9.17, 15) is 8.42 Å². The summed E-state index contributed by atoms with van der Waals surface area (Å²) < 4.78 is 30.5. The molecule has 0 aromatic heterocycles. The van der Waals surface area contributed by atoms with Gasteiger partial charge in [0.15, 0.2) is 0 Å². The number of nitrogens with zero attached hydrogens (tertiary/aromatic N) is 5. The third-order valence-electron chi connectivity index (χ3n) is 5.80. The summed E-state index contributed by atoms with van der Waals surface area (Å²) in [7, 11) is -3.98. The predicted octanol–water partition coefficient (Wildman–Crippen LogP) is 3.53. The minimum Gasteiger partial charge on any atom is -0.338 e. The van der Waals surface area contributed by atoms with Crippen LogP contribution in [-0.2, 0) is 16.6 Å². The van der Waals surface area contributed by atoms with E-state index in [1.165, 1.54) is 11.6 Å². The third-order valence-corrected chi connectivity index (χ3v) is 7.56. The van der Waals surface area contributed by atoms with Gasteiger partial charge in [-0.05, 0) is 24.1 Å². The molecular formula is C23H28ClN5O2S. The van der Waals surface area contributed by atoms with Gasteiger partial charge in [0.1, 0.15) is 4.90 Å². The molecule has 0 radical (unpaired) electrons. The lowest BCUT2D eigenvalue weighted by Crippen LogP contribution is -2.52. The number of guanidine groups is 1. The largest absolute Gasteiger partial charge is 0.338 e. The van der Waals surface area contributed by atoms with Gasteiger partial charge in [-0.15, -0.1) is 4.40 Å². The van der Waals surface area contributed by atoms with E-state index in [0.717, 1.165) is 26.1 Å². The first-order valence-electron chi connectivity index (χ1n) is 10.9. The summed E-state index contributed by atoms with van der Waals surface area (Å²) in [4.78, 5) is 4.40. The zero-order chi connectivity index (χ0) is 22.6. The van der Waals surface area contributed by atoms with Gasteiger partial charge in [0.05, 0.1) is 11.6 Å². The van der Waals surface area contributed by atoms with Gasteiger partial charge in [-0.25, -0.2) is 5.01 Å². The van der Waals surface area contributed by atoms with E-state index >= 15 is 0 Å². The van der Waals surface area contributed by atoms with Crippen LogP contribution in [0.2, 0.25) is 5.02 Å². The average Bonchev–Trinajstić information content (AvgIpc) is 3.28. The van der Waals surface area contributed by atoms with E-state index in [-0.39, 0.29) is 15.8 Å². The van der Waals surface area contributed by atoms with E-state index in [1.807, 2.05) is 29.3 Å². The fourth-order valence-electron chi connectivity index (χ4n) is 3.89. The van der Waals surface area contributed by atoms with Crippen molar-refractivity contribution >= 4 is 33.8 Å². The topological polar surface area (TPSA) is 68.6 Å². The SMILES string of the molecule is CCC1C=NN(/C(=N/S(=O)(=O)c2ccccc2Cl)N2CCN(Cc3ccccc3)CC2)C1. The molecule has 2 heterocycles. The molecule has 1 saturated heterocycles. The second kappa shape index (κ2) is 10.0. The number of benzene rings is 2. The molecule has 4 rings (SSSR count). The number of hydrogen-bond donors (Lipinski definition) is 0. The van der Waals surface area contributed by atoms with Crippen LogP contribution in [0.15, 0.2) is 69.0 Å². The molecule has 32 heavy (non-hydrogen) atoms. The average molecular weight is 474 g/mol. The Hall–Kier alpha value is -2.42. The summed E-state index contributed by atoms with van der Waals surface area (Å²) in [6.07, 6.45) is 2.82. The van der Waals surface area contributed by atoms with Crippen LogP contribution in [-0.4, -0.2) is 68.1 Å². The molecule has 7 nitrogen and oxygen atoms in total. The van der Waals surface area contributed by atoms with Crippen molar-refractivity contribution in [1.29, 1.82) is 0 Å². The van der Waals surface area contributed by atoms with E-state index in [2.05, 4.69) is 33.5 Å². The molecule has 2 aliphatic heterocycles. The summed E-state index contributed by atoms with van der Waals surface area (Å²) in [6.45, 7) is 6.57. The van der Waals surface area contributed by atoms with Crippen molar-refractivity contribution in [3.63, 3.8) is 0 Å². The zero-order valence-corrected chi connectivity index (χ0v) is 19.7. The van der Waals surface area contributed by atoms with Crippen molar-refractivity contribution in [2.24, 2.45) is 15.4 Å². The van der Waals surface area contributed by atoms with Crippen molar-refractivity contribution in [1.82, 2.24) is 14.8 Å². The van der Waals surface area contributed by atoms with Gasteiger partial charge in [-0.3, -0.25) is 4.90 Å². The first kappa shape index (κ1) is 22.8. The highest BCUT2D eigenvalue weighted by atomic mass is 35.5. The molecule has 0 spiro atoms. The predicted molar refractivity (Wildman–Crippen MR) is 128 cm³/mol.